The Labute approximate surface area is 82.0 Å². The molecule has 1 saturated heterocycles. The molecule has 1 aliphatic rings. The molecule has 0 aromatic carbocycles. The molecule has 0 radical (unpaired) electrons. The van der Waals surface area contributed by atoms with E-state index in [4.69, 9.17) is 9.84 Å². The third-order valence-corrected chi connectivity index (χ3v) is 2.08. The summed E-state index contributed by atoms with van der Waals surface area (Å²) >= 11 is 0. The molecule has 1 aliphatic heterocycles. The van der Waals surface area contributed by atoms with Crippen LogP contribution in [0, 0.1) is 0 Å². The Morgan fingerprint density at radius 1 is 1.21 bits per heavy atom. The van der Waals surface area contributed by atoms with Crippen LogP contribution in [0.1, 0.15) is 6.92 Å². The average Bonchev–Trinajstić information content (AvgIpc) is 2.18. The second kappa shape index (κ2) is 4.69. The van der Waals surface area contributed by atoms with Crippen LogP contribution in [0.4, 0.5) is 9.59 Å². The standard InChI is InChI=1S/C8H14N2O4/c1-2-14-8(13)10-5-3-9(4-6-10)7(11)12/h2-6H2,1H3,(H,11,12). The summed E-state index contributed by atoms with van der Waals surface area (Å²) in [6.45, 7) is 3.61. The number of carbonyl (C=O) groups excluding carboxylic acids is 1. The monoisotopic (exact) mass is 202 g/mol. The summed E-state index contributed by atoms with van der Waals surface area (Å²) < 4.78 is 4.80. The zero-order valence-corrected chi connectivity index (χ0v) is 8.10. The maximum Gasteiger partial charge on any atom is 0.409 e. The van der Waals surface area contributed by atoms with Gasteiger partial charge in [-0.15, -0.1) is 0 Å². The van der Waals surface area contributed by atoms with Gasteiger partial charge in [0.05, 0.1) is 6.61 Å². The number of ether oxygens (including phenoxy) is 1. The van der Waals surface area contributed by atoms with Crippen molar-refractivity contribution >= 4 is 12.2 Å². The fourth-order valence-electron chi connectivity index (χ4n) is 1.30. The molecular formula is C8H14N2O4. The van der Waals surface area contributed by atoms with Gasteiger partial charge in [0.1, 0.15) is 0 Å². The molecule has 0 unspecified atom stereocenters. The van der Waals surface area contributed by atoms with Crippen molar-refractivity contribution in [3.63, 3.8) is 0 Å². The molecule has 1 heterocycles. The van der Waals surface area contributed by atoms with Crippen molar-refractivity contribution < 1.29 is 19.4 Å². The molecule has 0 atom stereocenters. The number of piperazine rings is 1. The smallest absolute Gasteiger partial charge is 0.409 e. The molecule has 0 aromatic rings. The Kier molecular flexibility index (Phi) is 3.55. The average molecular weight is 202 g/mol. The van der Waals surface area contributed by atoms with E-state index in [1.807, 2.05) is 0 Å². The fraction of sp³-hybridized carbons (Fsp3) is 0.750. The highest BCUT2D eigenvalue weighted by Gasteiger charge is 2.23. The molecule has 1 N–H and O–H groups in total. The lowest BCUT2D eigenvalue weighted by atomic mass is 10.3. The lowest BCUT2D eigenvalue weighted by Crippen LogP contribution is -2.50. The SMILES string of the molecule is CCOC(=O)N1CCN(C(=O)O)CC1. The first-order valence-electron chi connectivity index (χ1n) is 4.54. The van der Waals surface area contributed by atoms with Crippen molar-refractivity contribution in [2.45, 2.75) is 6.92 Å². The van der Waals surface area contributed by atoms with Crippen LogP contribution in [0.15, 0.2) is 0 Å². The quantitative estimate of drug-likeness (QED) is 0.669. The summed E-state index contributed by atoms with van der Waals surface area (Å²) in [6.07, 6.45) is -1.30. The summed E-state index contributed by atoms with van der Waals surface area (Å²) in [5.74, 6) is 0. The molecule has 0 aromatic heterocycles. The van der Waals surface area contributed by atoms with Crippen LogP contribution in [-0.2, 0) is 4.74 Å². The van der Waals surface area contributed by atoms with Crippen molar-refractivity contribution in [2.24, 2.45) is 0 Å². The minimum atomic E-state index is -0.937. The fourth-order valence-corrected chi connectivity index (χ4v) is 1.30. The van der Waals surface area contributed by atoms with Gasteiger partial charge in [-0.3, -0.25) is 0 Å². The number of nitrogens with zero attached hydrogens (tertiary/aromatic N) is 2. The van der Waals surface area contributed by atoms with Gasteiger partial charge in [-0.2, -0.15) is 0 Å². The number of rotatable bonds is 1. The highest BCUT2D eigenvalue weighted by atomic mass is 16.6. The maximum absolute atomic E-state index is 11.2. The minimum absolute atomic E-state index is 0.345. The number of hydrogen-bond donors (Lipinski definition) is 1. The summed E-state index contributed by atoms with van der Waals surface area (Å²) in [6, 6.07) is 0. The number of carbonyl (C=O) groups is 2. The molecule has 0 saturated carbocycles. The Morgan fingerprint density at radius 3 is 2.14 bits per heavy atom. The predicted molar refractivity (Wildman–Crippen MR) is 48.2 cm³/mol. The van der Waals surface area contributed by atoms with Gasteiger partial charge in [0.25, 0.3) is 0 Å². The van der Waals surface area contributed by atoms with Gasteiger partial charge in [0, 0.05) is 26.2 Å². The van der Waals surface area contributed by atoms with E-state index in [-0.39, 0.29) is 6.09 Å². The van der Waals surface area contributed by atoms with Crippen molar-refractivity contribution in [1.82, 2.24) is 9.80 Å². The second-order valence-electron chi connectivity index (χ2n) is 2.96. The van der Waals surface area contributed by atoms with Crippen LogP contribution < -0.4 is 0 Å². The number of hydrogen-bond acceptors (Lipinski definition) is 3. The molecule has 6 heteroatoms. The lowest BCUT2D eigenvalue weighted by molar-refractivity contribution is 0.0755. The topological polar surface area (TPSA) is 70.1 Å². The molecule has 0 bridgehead atoms. The van der Waals surface area contributed by atoms with E-state index in [9.17, 15) is 9.59 Å². The largest absolute Gasteiger partial charge is 0.465 e. The van der Waals surface area contributed by atoms with Crippen LogP contribution in [0.2, 0.25) is 0 Å². The van der Waals surface area contributed by atoms with Crippen LogP contribution in [0.25, 0.3) is 0 Å². The molecule has 6 nitrogen and oxygen atoms in total. The van der Waals surface area contributed by atoms with Crippen molar-refractivity contribution in [3.8, 4) is 0 Å². The molecule has 0 aliphatic carbocycles. The highest BCUT2D eigenvalue weighted by molar-refractivity contribution is 5.69. The van der Waals surface area contributed by atoms with Crippen LogP contribution >= 0.6 is 0 Å². The zero-order valence-electron chi connectivity index (χ0n) is 8.10. The molecule has 80 valence electrons. The summed E-state index contributed by atoms with van der Waals surface area (Å²) in [5.41, 5.74) is 0. The second-order valence-corrected chi connectivity index (χ2v) is 2.96. The van der Waals surface area contributed by atoms with Crippen molar-refractivity contribution in [3.05, 3.63) is 0 Å². The molecule has 2 amide bonds. The van der Waals surface area contributed by atoms with Crippen LogP contribution in [0.3, 0.4) is 0 Å². The van der Waals surface area contributed by atoms with Crippen molar-refractivity contribution in [1.29, 1.82) is 0 Å². The first kappa shape index (κ1) is 10.6. The highest BCUT2D eigenvalue weighted by Crippen LogP contribution is 2.03. The Morgan fingerprint density at radius 2 is 1.71 bits per heavy atom. The predicted octanol–water partition coefficient (Wildman–Crippen LogP) is 0.439. The van der Waals surface area contributed by atoms with Gasteiger partial charge < -0.3 is 19.6 Å². The van der Waals surface area contributed by atoms with E-state index in [0.29, 0.717) is 32.8 Å². The maximum atomic E-state index is 11.2. The first-order chi connectivity index (χ1) is 6.65. The van der Waals surface area contributed by atoms with E-state index in [1.54, 1.807) is 6.92 Å². The van der Waals surface area contributed by atoms with Crippen LogP contribution in [0.5, 0.6) is 0 Å². The molecule has 0 spiro atoms. The van der Waals surface area contributed by atoms with Crippen LogP contribution in [-0.4, -0.2) is 59.9 Å². The Bertz CT molecular complexity index is 223. The van der Waals surface area contributed by atoms with Gasteiger partial charge in [0.15, 0.2) is 0 Å². The van der Waals surface area contributed by atoms with Gasteiger partial charge in [-0.05, 0) is 6.92 Å². The van der Waals surface area contributed by atoms with Crippen molar-refractivity contribution in [2.75, 3.05) is 32.8 Å². The minimum Gasteiger partial charge on any atom is -0.465 e. The summed E-state index contributed by atoms with van der Waals surface area (Å²) in [4.78, 5) is 24.6. The van der Waals surface area contributed by atoms with E-state index in [0.717, 1.165) is 0 Å². The van der Waals surface area contributed by atoms with Gasteiger partial charge in [0.2, 0.25) is 0 Å². The molecule has 1 rings (SSSR count). The van der Waals surface area contributed by atoms with E-state index in [2.05, 4.69) is 0 Å². The van der Waals surface area contributed by atoms with E-state index in [1.165, 1.54) is 9.80 Å². The van der Waals surface area contributed by atoms with Gasteiger partial charge >= 0.3 is 12.2 Å². The Hall–Kier alpha value is -1.46. The normalized spacial score (nSPS) is 16.6. The third kappa shape index (κ3) is 2.51. The lowest BCUT2D eigenvalue weighted by Gasteiger charge is -2.32. The zero-order chi connectivity index (χ0) is 10.6. The Balaban J connectivity index is 2.35. The summed E-state index contributed by atoms with van der Waals surface area (Å²) in [5, 5.41) is 8.66. The number of amides is 2. The van der Waals surface area contributed by atoms with Gasteiger partial charge in [-0.1, -0.05) is 0 Å². The molecule has 1 fully saturated rings. The molecule has 14 heavy (non-hydrogen) atoms. The van der Waals surface area contributed by atoms with E-state index < -0.39 is 6.09 Å². The third-order valence-electron chi connectivity index (χ3n) is 2.08. The van der Waals surface area contributed by atoms with E-state index >= 15 is 0 Å². The van der Waals surface area contributed by atoms with Gasteiger partial charge in [-0.25, -0.2) is 9.59 Å². The summed E-state index contributed by atoms with van der Waals surface area (Å²) in [7, 11) is 0. The first-order valence-corrected chi connectivity index (χ1v) is 4.54. The molecular weight excluding hydrogens is 188 g/mol. The number of carboxylic acid groups (broad SMARTS) is 1.